The number of thiazole rings is 1. The molecular formula is C9H10N2S. The predicted octanol–water partition coefficient (Wildman–Crippen LogP) is 2.81. The van der Waals surface area contributed by atoms with Gasteiger partial charge in [-0.1, -0.05) is 13.8 Å². The molecule has 0 atom stereocenters. The molecule has 3 heteroatoms. The fraction of sp³-hybridized carbons (Fsp3) is 0.333. The van der Waals surface area contributed by atoms with Crippen LogP contribution in [0.15, 0.2) is 17.6 Å². The molecule has 0 aliphatic rings. The Hall–Kier alpha value is -0.960. The zero-order valence-electron chi connectivity index (χ0n) is 7.11. The number of fused-ring (bicyclic) bond motifs is 1. The first-order valence-corrected chi connectivity index (χ1v) is 4.85. The van der Waals surface area contributed by atoms with Gasteiger partial charge in [-0.3, -0.25) is 0 Å². The molecule has 0 aromatic carbocycles. The predicted molar refractivity (Wildman–Crippen MR) is 51.5 cm³/mol. The van der Waals surface area contributed by atoms with Crippen LogP contribution in [0, 0.1) is 0 Å². The molecule has 12 heavy (non-hydrogen) atoms. The van der Waals surface area contributed by atoms with Gasteiger partial charge in [0.1, 0.15) is 0 Å². The van der Waals surface area contributed by atoms with Crippen LogP contribution in [0.3, 0.4) is 0 Å². The van der Waals surface area contributed by atoms with E-state index in [1.165, 1.54) is 4.70 Å². The molecule has 0 aliphatic heterocycles. The zero-order valence-corrected chi connectivity index (χ0v) is 7.93. The summed E-state index contributed by atoms with van der Waals surface area (Å²) >= 11 is 1.63. The summed E-state index contributed by atoms with van der Waals surface area (Å²) in [6.07, 6.45) is 0. The van der Waals surface area contributed by atoms with Crippen molar-refractivity contribution in [2.24, 2.45) is 0 Å². The van der Waals surface area contributed by atoms with Gasteiger partial charge in [0.15, 0.2) is 5.65 Å². The normalized spacial score (nSPS) is 11.2. The topological polar surface area (TPSA) is 25.8 Å². The molecule has 2 aromatic rings. The monoisotopic (exact) mass is 178 g/mol. The molecule has 0 aliphatic carbocycles. The number of hydrogen-bond acceptors (Lipinski definition) is 3. The average molecular weight is 178 g/mol. The Morgan fingerprint density at radius 2 is 2.17 bits per heavy atom. The number of aromatic nitrogens is 2. The standard InChI is InChI=1S/C9H10N2S/c1-6(2)7-3-4-8-9(11-7)10-5-12-8/h3-6H,1-2H3. The summed E-state index contributed by atoms with van der Waals surface area (Å²) in [6, 6.07) is 4.17. The summed E-state index contributed by atoms with van der Waals surface area (Å²) in [5.74, 6) is 0.482. The van der Waals surface area contributed by atoms with Crippen LogP contribution in [0.25, 0.3) is 10.3 Å². The smallest absolute Gasteiger partial charge is 0.170 e. The maximum absolute atomic E-state index is 4.43. The Morgan fingerprint density at radius 3 is 2.92 bits per heavy atom. The lowest BCUT2D eigenvalue weighted by Gasteiger charge is -2.01. The molecule has 0 fully saturated rings. The highest BCUT2D eigenvalue weighted by molar-refractivity contribution is 7.16. The van der Waals surface area contributed by atoms with Gasteiger partial charge >= 0.3 is 0 Å². The molecule has 2 heterocycles. The molecule has 0 radical (unpaired) electrons. The van der Waals surface area contributed by atoms with Crippen molar-refractivity contribution in [2.45, 2.75) is 19.8 Å². The van der Waals surface area contributed by atoms with E-state index < -0.39 is 0 Å². The third-order valence-corrected chi connectivity index (χ3v) is 2.59. The highest BCUT2D eigenvalue weighted by Gasteiger charge is 2.03. The Labute approximate surface area is 75.3 Å². The van der Waals surface area contributed by atoms with Gasteiger partial charge < -0.3 is 0 Å². The molecule has 2 nitrogen and oxygen atoms in total. The summed E-state index contributed by atoms with van der Waals surface area (Å²) in [6.45, 7) is 4.28. The Bertz CT molecular complexity index is 392. The lowest BCUT2D eigenvalue weighted by Crippen LogP contribution is -1.91. The Kier molecular flexibility index (Phi) is 1.81. The van der Waals surface area contributed by atoms with Crippen LogP contribution in [-0.2, 0) is 0 Å². The van der Waals surface area contributed by atoms with E-state index in [2.05, 4.69) is 35.9 Å². The van der Waals surface area contributed by atoms with Gasteiger partial charge in [-0.2, -0.15) is 0 Å². The molecule has 2 aromatic heterocycles. The maximum Gasteiger partial charge on any atom is 0.170 e. The van der Waals surface area contributed by atoms with Crippen molar-refractivity contribution >= 4 is 21.7 Å². The summed E-state index contributed by atoms with van der Waals surface area (Å²) in [7, 11) is 0. The van der Waals surface area contributed by atoms with E-state index in [-0.39, 0.29) is 0 Å². The second-order valence-electron chi connectivity index (χ2n) is 3.06. The van der Waals surface area contributed by atoms with Crippen molar-refractivity contribution in [1.29, 1.82) is 0 Å². The van der Waals surface area contributed by atoms with E-state index >= 15 is 0 Å². The van der Waals surface area contributed by atoms with Gasteiger partial charge in [0.2, 0.25) is 0 Å². The zero-order chi connectivity index (χ0) is 8.55. The summed E-state index contributed by atoms with van der Waals surface area (Å²) < 4.78 is 1.17. The molecular weight excluding hydrogens is 168 g/mol. The SMILES string of the molecule is CC(C)c1ccc2scnc2n1. The van der Waals surface area contributed by atoms with Gasteiger partial charge in [0.25, 0.3) is 0 Å². The van der Waals surface area contributed by atoms with Crippen molar-refractivity contribution in [2.75, 3.05) is 0 Å². The minimum absolute atomic E-state index is 0.482. The quantitative estimate of drug-likeness (QED) is 0.671. The molecule has 0 amide bonds. The van der Waals surface area contributed by atoms with Crippen LogP contribution >= 0.6 is 11.3 Å². The number of rotatable bonds is 1. The van der Waals surface area contributed by atoms with Crippen LogP contribution in [0.5, 0.6) is 0 Å². The summed E-state index contributed by atoms with van der Waals surface area (Å²) in [4.78, 5) is 8.60. The summed E-state index contributed by atoms with van der Waals surface area (Å²) in [5.41, 5.74) is 3.83. The second kappa shape index (κ2) is 2.83. The van der Waals surface area contributed by atoms with E-state index in [9.17, 15) is 0 Å². The highest BCUT2D eigenvalue weighted by atomic mass is 32.1. The van der Waals surface area contributed by atoms with Gasteiger partial charge in [0.05, 0.1) is 10.2 Å². The van der Waals surface area contributed by atoms with Crippen LogP contribution in [-0.4, -0.2) is 9.97 Å². The van der Waals surface area contributed by atoms with Crippen LogP contribution in [0.4, 0.5) is 0 Å². The number of nitrogens with zero attached hydrogens (tertiary/aromatic N) is 2. The van der Waals surface area contributed by atoms with Crippen LogP contribution in [0.2, 0.25) is 0 Å². The highest BCUT2D eigenvalue weighted by Crippen LogP contribution is 2.19. The molecule has 0 bridgehead atoms. The van der Waals surface area contributed by atoms with E-state index in [0.717, 1.165) is 11.3 Å². The summed E-state index contributed by atoms with van der Waals surface area (Å²) in [5, 5.41) is 0. The van der Waals surface area contributed by atoms with Crippen LogP contribution < -0.4 is 0 Å². The molecule has 0 saturated carbocycles. The first kappa shape index (κ1) is 7.68. The molecule has 0 N–H and O–H groups in total. The fourth-order valence-corrected chi connectivity index (χ4v) is 1.71. The lowest BCUT2D eigenvalue weighted by molar-refractivity contribution is 0.828. The van der Waals surface area contributed by atoms with Crippen molar-refractivity contribution < 1.29 is 0 Å². The van der Waals surface area contributed by atoms with Gasteiger partial charge in [0, 0.05) is 5.69 Å². The Balaban J connectivity index is 2.60. The second-order valence-corrected chi connectivity index (χ2v) is 3.95. The molecule has 0 saturated heterocycles. The molecule has 62 valence electrons. The third kappa shape index (κ3) is 1.20. The number of pyridine rings is 1. The van der Waals surface area contributed by atoms with E-state index in [0.29, 0.717) is 5.92 Å². The first-order chi connectivity index (χ1) is 5.77. The van der Waals surface area contributed by atoms with Crippen molar-refractivity contribution in [3.8, 4) is 0 Å². The number of hydrogen-bond donors (Lipinski definition) is 0. The third-order valence-electron chi connectivity index (χ3n) is 1.81. The van der Waals surface area contributed by atoms with E-state index in [4.69, 9.17) is 0 Å². The fourth-order valence-electron chi connectivity index (χ4n) is 1.09. The first-order valence-electron chi connectivity index (χ1n) is 3.97. The van der Waals surface area contributed by atoms with E-state index in [1.807, 2.05) is 5.51 Å². The largest absolute Gasteiger partial charge is 0.232 e. The van der Waals surface area contributed by atoms with Crippen molar-refractivity contribution in [3.63, 3.8) is 0 Å². The average Bonchev–Trinajstić information content (AvgIpc) is 2.49. The lowest BCUT2D eigenvalue weighted by atomic mass is 10.1. The van der Waals surface area contributed by atoms with Gasteiger partial charge in [-0.25, -0.2) is 9.97 Å². The van der Waals surface area contributed by atoms with Crippen molar-refractivity contribution in [1.82, 2.24) is 9.97 Å². The van der Waals surface area contributed by atoms with Crippen molar-refractivity contribution in [3.05, 3.63) is 23.3 Å². The van der Waals surface area contributed by atoms with Gasteiger partial charge in [-0.05, 0) is 18.1 Å². The minimum atomic E-state index is 0.482. The minimum Gasteiger partial charge on any atom is -0.232 e. The van der Waals surface area contributed by atoms with Crippen LogP contribution in [0.1, 0.15) is 25.5 Å². The van der Waals surface area contributed by atoms with Gasteiger partial charge in [-0.15, -0.1) is 11.3 Å². The molecule has 2 rings (SSSR count). The van der Waals surface area contributed by atoms with E-state index in [1.54, 1.807) is 11.3 Å². The maximum atomic E-state index is 4.43. The molecule has 0 unspecified atom stereocenters. The molecule has 0 spiro atoms. The Morgan fingerprint density at radius 1 is 1.33 bits per heavy atom.